The van der Waals surface area contributed by atoms with Crippen LogP contribution in [0.3, 0.4) is 0 Å². The molecule has 1 aliphatic heterocycles. The van der Waals surface area contributed by atoms with Crippen LogP contribution in [-0.2, 0) is 16.0 Å². The normalized spacial score (nSPS) is 18.6. The number of nitrogens with one attached hydrogen (secondary N) is 2. The number of nitrogens with zero attached hydrogens (tertiary/aromatic N) is 2. The van der Waals surface area contributed by atoms with Gasteiger partial charge in [-0.25, -0.2) is 0 Å². The largest absolute Gasteiger partial charge is 0.355 e. The van der Waals surface area contributed by atoms with Crippen LogP contribution in [0.2, 0.25) is 0 Å². The number of H-pyrrole nitrogens is 1. The Kier molecular flexibility index (Phi) is 4.33. The van der Waals surface area contributed by atoms with Crippen LogP contribution in [0.25, 0.3) is 0 Å². The monoisotopic (exact) mass is 262 g/mol. The first-order valence-electron chi connectivity index (χ1n) is 6.34. The molecule has 0 saturated carbocycles. The van der Waals surface area contributed by atoms with Crippen molar-refractivity contribution in [3.8, 4) is 0 Å². The molecule has 2 heterocycles. The summed E-state index contributed by atoms with van der Waals surface area (Å²) in [5.41, 5.74) is 1.05. The standard InChI is InChI=1S/C13H18N4O2/c1-2-5-17-9-11(6-12(17)18)13(19)14-4-3-10-7-15-16-8-10/h2,7-8,11H,1,3-6,9H2,(H,14,19)(H,15,16)/t11-/m0/s1. The third-order valence-electron chi connectivity index (χ3n) is 3.20. The number of aromatic nitrogens is 2. The lowest BCUT2D eigenvalue weighted by atomic mass is 10.1. The number of carbonyl (C=O) groups excluding carboxylic acids is 2. The van der Waals surface area contributed by atoms with Gasteiger partial charge in [0.1, 0.15) is 0 Å². The number of aromatic amines is 1. The lowest BCUT2D eigenvalue weighted by Crippen LogP contribution is -2.34. The molecule has 1 aliphatic rings. The third kappa shape index (κ3) is 3.43. The summed E-state index contributed by atoms with van der Waals surface area (Å²) in [6.07, 6.45) is 6.25. The van der Waals surface area contributed by atoms with E-state index in [4.69, 9.17) is 0 Å². The van der Waals surface area contributed by atoms with E-state index in [9.17, 15) is 9.59 Å². The van der Waals surface area contributed by atoms with Crippen LogP contribution in [0.5, 0.6) is 0 Å². The smallest absolute Gasteiger partial charge is 0.225 e. The van der Waals surface area contributed by atoms with Gasteiger partial charge in [0, 0.05) is 32.3 Å². The molecular weight excluding hydrogens is 244 g/mol. The zero-order chi connectivity index (χ0) is 13.7. The molecule has 6 nitrogen and oxygen atoms in total. The van der Waals surface area contributed by atoms with E-state index in [0.29, 0.717) is 26.1 Å². The minimum Gasteiger partial charge on any atom is -0.355 e. The van der Waals surface area contributed by atoms with Gasteiger partial charge >= 0.3 is 0 Å². The molecule has 2 rings (SSSR count). The molecule has 0 aromatic carbocycles. The fraction of sp³-hybridized carbons (Fsp3) is 0.462. The van der Waals surface area contributed by atoms with Gasteiger partial charge in [-0.05, 0) is 12.0 Å². The Labute approximate surface area is 111 Å². The van der Waals surface area contributed by atoms with E-state index in [1.54, 1.807) is 23.4 Å². The molecule has 0 unspecified atom stereocenters. The highest BCUT2D eigenvalue weighted by molar-refractivity contribution is 5.89. The van der Waals surface area contributed by atoms with Crippen molar-refractivity contribution in [1.82, 2.24) is 20.4 Å². The molecule has 0 radical (unpaired) electrons. The SMILES string of the molecule is C=CCN1C[C@@H](C(=O)NCCc2cn[nH]c2)CC1=O. The Hall–Kier alpha value is -2.11. The first kappa shape index (κ1) is 13.3. The van der Waals surface area contributed by atoms with E-state index >= 15 is 0 Å². The fourth-order valence-corrected chi connectivity index (χ4v) is 2.17. The predicted octanol–water partition coefficient (Wildman–Crippen LogP) is 0.103. The third-order valence-corrected chi connectivity index (χ3v) is 3.20. The lowest BCUT2D eigenvalue weighted by Gasteiger charge is -2.13. The first-order valence-corrected chi connectivity index (χ1v) is 6.34. The maximum absolute atomic E-state index is 11.9. The number of hydrogen-bond acceptors (Lipinski definition) is 3. The number of hydrogen-bond donors (Lipinski definition) is 2. The van der Waals surface area contributed by atoms with Crippen LogP contribution in [-0.4, -0.2) is 46.5 Å². The summed E-state index contributed by atoms with van der Waals surface area (Å²) < 4.78 is 0. The molecule has 1 fully saturated rings. The lowest BCUT2D eigenvalue weighted by molar-refractivity contribution is -0.128. The van der Waals surface area contributed by atoms with Crippen molar-refractivity contribution < 1.29 is 9.59 Å². The van der Waals surface area contributed by atoms with Crippen LogP contribution >= 0.6 is 0 Å². The van der Waals surface area contributed by atoms with Gasteiger partial charge in [0.25, 0.3) is 0 Å². The van der Waals surface area contributed by atoms with E-state index in [1.165, 1.54) is 0 Å². The molecule has 1 aromatic heterocycles. The molecule has 2 N–H and O–H groups in total. The van der Waals surface area contributed by atoms with Crippen LogP contribution in [0.4, 0.5) is 0 Å². The van der Waals surface area contributed by atoms with Crippen LogP contribution in [0.1, 0.15) is 12.0 Å². The van der Waals surface area contributed by atoms with Crippen LogP contribution in [0.15, 0.2) is 25.0 Å². The van der Waals surface area contributed by atoms with Gasteiger partial charge in [-0.15, -0.1) is 6.58 Å². The second-order valence-corrected chi connectivity index (χ2v) is 4.64. The highest BCUT2D eigenvalue weighted by atomic mass is 16.2. The second-order valence-electron chi connectivity index (χ2n) is 4.64. The van der Waals surface area contributed by atoms with Crippen LogP contribution < -0.4 is 5.32 Å². The van der Waals surface area contributed by atoms with Crippen molar-refractivity contribution in [2.24, 2.45) is 5.92 Å². The fourth-order valence-electron chi connectivity index (χ4n) is 2.17. The van der Waals surface area contributed by atoms with E-state index < -0.39 is 0 Å². The molecule has 102 valence electrons. The van der Waals surface area contributed by atoms with Gasteiger partial charge in [0.2, 0.25) is 11.8 Å². The summed E-state index contributed by atoms with van der Waals surface area (Å²) >= 11 is 0. The Bertz CT molecular complexity index is 455. The maximum atomic E-state index is 11.9. The summed E-state index contributed by atoms with van der Waals surface area (Å²) in [5.74, 6) is -0.268. The van der Waals surface area contributed by atoms with E-state index in [1.807, 2.05) is 0 Å². The topological polar surface area (TPSA) is 78.1 Å². The highest BCUT2D eigenvalue weighted by Crippen LogP contribution is 2.17. The second kappa shape index (κ2) is 6.17. The number of amides is 2. The molecule has 1 aromatic rings. The van der Waals surface area contributed by atoms with Crippen molar-refractivity contribution in [3.05, 3.63) is 30.6 Å². The van der Waals surface area contributed by atoms with Crippen molar-refractivity contribution in [3.63, 3.8) is 0 Å². The van der Waals surface area contributed by atoms with Crippen molar-refractivity contribution >= 4 is 11.8 Å². The Morgan fingerprint density at radius 3 is 3.21 bits per heavy atom. The molecule has 0 bridgehead atoms. The zero-order valence-corrected chi connectivity index (χ0v) is 10.8. The molecule has 0 spiro atoms. The van der Waals surface area contributed by atoms with E-state index in [-0.39, 0.29) is 17.7 Å². The van der Waals surface area contributed by atoms with Gasteiger partial charge < -0.3 is 10.2 Å². The van der Waals surface area contributed by atoms with Gasteiger partial charge in [-0.3, -0.25) is 14.7 Å². The van der Waals surface area contributed by atoms with E-state index in [0.717, 1.165) is 12.0 Å². The first-order chi connectivity index (χ1) is 9.20. The summed E-state index contributed by atoms with van der Waals surface area (Å²) in [5, 5.41) is 9.43. The Morgan fingerprint density at radius 1 is 1.68 bits per heavy atom. The quantitative estimate of drug-likeness (QED) is 0.714. The van der Waals surface area contributed by atoms with Gasteiger partial charge in [0.05, 0.1) is 12.1 Å². The summed E-state index contributed by atoms with van der Waals surface area (Å²) in [7, 11) is 0. The van der Waals surface area contributed by atoms with Crippen molar-refractivity contribution in [2.45, 2.75) is 12.8 Å². The number of likely N-dealkylation sites (tertiary alicyclic amines) is 1. The predicted molar refractivity (Wildman–Crippen MR) is 70.2 cm³/mol. The van der Waals surface area contributed by atoms with Crippen LogP contribution in [0, 0.1) is 5.92 Å². The average Bonchev–Trinajstić information content (AvgIpc) is 3.01. The average molecular weight is 262 g/mol. The Balaban J connectivity index is 1.74. The Morgan fingerprint density at radius 2 is 2.53 bits per heavy atom. The minimum absolute atomic E-state index is 0.0230. The molecule has 19 heavy (non-hydrogen) atoms. The zero-order valence-electron chi connectivity index (χ0n) is 10.8. The van der Waals surface area contributed by atoms with Gasteiger partial charge in [0.15, 0.2) is 0 Å². The summed E-state index contributed by atoms with van der Waals surface area (Å²) in [4.78, 5) is 25.2. The van der Waals surface area contributed by atoms with Gasteiger partial charge in [-0.1, -0.05) is 6.08 Å². The highest BCUT2D eigenvalue weighted by Gasteiger charge is 2.33. The van der Waals surface area contributed by atoms with Crippen molar-refractivity contribution in [2.75, 3.05) is 19.6 Å². The molecule has 6 heteroatoms. The molecule has 1 atom stereocenters. The number of carbonyl (C=O) groups is 2. The van der Waals surface area contributed by atoms with E-state index in [2.05, 4.69) is 22.1 Å². The van der Waals surface area contributed by atoms with Crippen molar-refractivity contribution in [1.29, 1.82) is 0 Å². The summed E-state index contributed by atoms with van der Waals surface area (Å²) in [6, 6.07) is 0. The maximum Gasteiger partial charge on any atom is 0.225 e. The summed E-state index contributed by atoms with van der Waals surface area (Å²) in [6.45, 7) is 5.16. The van der Waals surface area contributed by atoms with Gasteiger partial charge in [-0.2, -0.15) is 5.10 Å². The molecule has 1 saturated heterocycles. The minimum atomic E-state index is -0.239. The molecule has 0 aliphatic carbocycles. The number of rotatable bonds is 6. The molecule has 2 amide bonds. The molecular formula is C13H18N4O2.